The number of aromatic nitrogens is 1. The highest BCUT2D eigenvalue weighted by atomic mass is 32.2. The first-order valence-corrected chi connectivity index (χ1v) is 10.9. The van der Waals surface area contributed by atoms with Gasteiger partial charge in [0.1, 0.15) is 12.1 Å². The summed E-state index contributed by atoms with van der Waals surface area (Å²) in [6, 6.07) is 6.82. The minimum atomic E-state index is -0.550. The fourth-order valence-corrected chi connectivity index (χ4v) is 4.54. The van der Waals surface area contributed by atoms with Gasteiger partial charge < -0.3 is 20.5 Å². The largest absolute Gasteiger partial charge is 0.361 e. The summed E-state index contributed by atoms with van der Waals surface area (Å²) in [5, 5.41) is 6.95. The second kappa shape index (κ2) is 7.87. The van der Waals surface area contributed by atoms with Crippen LogP contribution in [0.25, 0.3) is 10.9 Å². The van der Waals surface area contributed by atoms with E-state index in [0.29, 0.717) is 31.6 Å². The summed E-state index contributed by atoms with van der Waals surface area (Å²) >= 11 is 1.47. The molecule has 2 aromatic rings. The predicted octanol–water partition coefficient (Wildman–Crippen LogP) is 1.05. The van der Waals surface area contributed by atoms with Crippen LogP contribution >= 0.6 is 11.8 Å². The number of carbonyl (C=O) groups excluding carboxylic acids is 3. The van der Waals surface area contributed by atoms with E-state index in [1.54, 1.807) is 4.90 Å². The molecule has 7 nitrogen and oxygen atoms in total. The fraction of sp³-hybridized carbons (Fsp3) is 0.450. The van der Waals surface area contributed by atoms with E-state index in [1.807, 2.05) is 36.7 Å². The topological polar surface area (TPSA) is 94.3 Å². The third-order valence-electron chi connectivity index (χ3n) is 5.54. The number of thioether (sulfide) groups is 1. The zero-order valence-electron chi connectivity index (χ0n) is 15.7. The lowest BCUT2D eigenvalue weighted by atomic mass is 9.91. The van der Waals surface area contributed by atoms with Crippen molar-refractivity contribution in [2.75, 3.05) is 18.6 Å². The molecule has 1 aromatic carbocycles. The van der Waals surface area contributed by atoms with Crippen molar-refractivity contribution in [1.29, 1.82) is 0 Å². The summed E-state index contributed by atoms with van der Waals surface area (Å²) in [4.78, 5) is 42.5. The average Bonchev–Trinajstić information content (AvgIpc) is 3.09. The number of piperazine rings is 1. The quantitative estimate of drug-likeness (QED) is 0.699. The molecule has 148 valence electrons. The third-order valence-corrected chi connectivity index (χ3v) is 6.09. The number of piperidine rings is 1. The van der Waals surface area contributed by atoms with E-state index in [0.717, 1.165) is 16.5 Å². The van der Waals surface area contributed by atoms with Crippen LogP contribution in [0.1, 0.15) is 18.4 Å². The third kappa shape index (κ3) is 3.61. The van der Waals surface area contributed by atoms with Crippen molar-refractivity contribution < 1.29 is 14.4 Å². The molecule has 0 aliphatic carbocycles. The molecule has 0 bridgehead atoms. The van der Waals surface area contributed by atoms with E-state index in [2.05, 4.69) is 15.6 Å². The fourth-order valence-electron chi connectivity index (χ4n) is 4.20. The van der Waals surface area contributed by atoms with Gasteiger partial charge in [-0.15, -0.1) is 0 Å². The van der Waals surface area contributed by atoms with Gasteiger partial charge in [-0.05, 0) is 30.7 Å². The lowest BCUT2D eigenvalue weighted by Gasteiger charge is -2.44. The zero-order chi connectivity index (χ0) is 19.7. The Hall–Kier alpha value is -2.48. The Kier molecular flexibility index (Phi) is 5.30. The zero-order valence-corrected chi connectivity index (χ0v) is 16.6. The number of nitrogens with zero attached hydrogens (tertiary/aromatic N) is 1. The van der Waals surface area contributed by atoms with Gasteiger partial charge in [-0.1, -0.05) is 18.2 Å². The molecule has 3 heterocycles. The number of nitrogens with one attached hydrogen (secondary N) is 3. The number of hydrogen-bond donors (Lipinski definition) is 3. The molecule has 1 aromatic heterocycles. The molecule has 4 rings (SSSR count). The highest BCUT2D eigenvalue weighted by Gasteiger charge is 2.44. The second-order valence-corrected chi connectivity index (χ2v) is 8.26. The molecule has 2 aliphatic rings. The summed E-state index contributed by atoms with van der Waals surface area (Å²) in [6.45, 7) is 0.492. The maximum atomic E-state index is 13.0. The minimum Gasteiger partial charge on any atom is -0.361 e. The first-order chi connectivity index (χ1) is 13.6. The van der Waals surface area contributed by atoms with E-state index in [9.17, 15) is 14.4 Å². The summed E-state index contributed by atoms with van der Waals surface area (Å²) in [5.41, 5.74) is 2.04. The van der Waals surface area contributed by atoms with Crippen molar-refractivity contribution >= 4 is 40.4 Å². The van der Waals surface area contributed by atoms with Crippen LogP contribution in [0.3, 0.4) is 0 Å². The van der Waals surface area contributed by atoms with Gasteiger partial charge in [0.2, 0.25) is 17.7 Å². The van der Waals surface area contributed by atoms with Crippen LogP contribution in [-0.4, -0.2) is 64.3 Å². The molecule has 3 atom stereocenters. The van der Waals surface area contributed by atoms with Crippen molar-refractivity contribution in [3.8, 4) is 0 Å². The van der Waals surface area contributed by atoms with Gasteiger partial charge in [-0.25, -0.2) is 0 Å². The second-order valence-electron chi connectivity index (χ2n) is 7.39. The first kappa shape index (κ1) is 18.9. The molecule has 0 radical (unpaired) electrons. The van der Waals surface area contributed by atoms with Crippen LogP contribution < -0.4 is 10.6 Å². The van der Waals surface area contributed by atoms with E-state index in [-0.39, 0.29) is 23.8 Å². The molecule has 3 amide bonds. The van der Waals surface area contributed by atoms with Crippen LogP contribution in [0.2, 0.25) is 0 Å². The Morgan fingerprint density at radius 3 is 2.96 bits per heavy atom. The highest BCUT2D eigenvalue weighted by molar-refractivity contribution is 7.99. The Morgan fingerprint density at radius 2 is 2.14 bits per heavy atom. The number of para-hydroxylation sites is 1. The van der Waals surface area contributed by atoms with Crippen LogP contribution in [0.4, 0.5) is 0 Å². The molecule has 28 heavy (non-hydrogen) atoms. The number of carbonyl (C=O) groups is 3. The monoisotopic (exact) mass is 400 g/mol. The Morgan fingerprint density at radius 1 is 1.32 bits per heavy atom. The number of hydrogen-bond acceptors (Lipinski definition) is 4. The molecule has 2 fully saturated rings. The van der Waals surface area contributed by atoms with Crippen molar-refractivity contribution in [3.63, 3.8) is 0 Å². The molecule has 2 aliphatic heterocycles. The first-order valence-electron chi connectivity index (χ1n) is 9.51. The van der Waals surface area contributed by atoms with Crippen LogP contribution in [0.5, 0.6) is 0 Å². The number of rotatable bonds is 5. The normalized spacial score (nSPS) is 24.8. The minimum absolute atomic E-state index is 0.0225. The Labute approximate surface area is 167 Å². The van der Waals surface area contributed by atoms with Gasteiger partial charge in [0.05, 0.1) is 5.75 Å². The molecule has 0 spiro atoms. The lowest BCUT2D eigenvalue weighted by Crippen LogP contribution is -2.67. The van der Waals surface area contributed by atoms with Crippen molar-refractivity contribution in [2.24, 2.45) is 0 Å². The molecular weight excluding hydrogens is 376 g/mol. The van der Waals surface area contributed by atoms with E-state index in [1.165, 1.54) is 11.8 Å². The smallest absolute Gasteiger partial charge is 0.246 e. The summed E-state index contributed by atoms with van der Waals surface area (Å²) in [7, 11) is 0. The summed E-state index contributed by atoms with van der Waals surface area (Å²) < 4.78 is 0. The Balaban J connectivity index is 1.44. The average molecular weight is 401 g/mol. The maximum absolute atomic E-state index is 13.0. The van der Waals surface area contributed by atoms with E-state index >= 15 is 0 Å². The van der Waals surface area contributed by atoms with Gasteiger partial charge in [-0.3, -0.25) is 14.4 Å². The molecular formula is C20H24N4O3S. The Bertz CT molecular complexity index is 912. The molecule has 8 heteroatoms. The molecule has 3 N–H and O–H groups in total. The standard InChI is InChI=1S/C20H24N4O3S/c1-28-11-18(25)22-13-6-7-24-17(9-13)19(26)23-16(20(24)27)8-12-10-21-15-5-3-2-4-14(12)15/h2-5,10,13,16-17,21H,6-9,11H2,1H3,(H,22,25)(H,23,26)/t13-,16+,17-/m0/s1. The number of aromatic amines is 1. The van der Waals surface area contributed by atoms with Crippen LogP contribution in [-0.2, 0) is 20.8 Å². The van der Waals surface area contributed by atoms with Gasteiger partial charge >= 0.3 is 0 Å². The highest BCUT2D eigenvalue weighted by Crippen LogP contribution is 2.25. The van der Waals surface area contributed by atoms with E-state index < -0.39 is 12.1 Å². The van der Waals surface area contributed by atoms with Gasteiger partial charge in [0.25, 0.3) is 0 Å². The number of amides is 3. The summed E-state index contributed by atoms with van der Waals surface area (Å²) in [5.74, 6) is 0.214. The van der Waals surface area contributed by atoms with Crippen molar-refractivity contribution in [3.05, 3.63) is 36.0 Å². The van der Waals surface area contributed by atoms with Crippen molar-refractivity contribution in [1.82, 2.24) is 20.5 Å². The predicted molar refractivity (Wildman–Crippen MR) is 109 cm³/mol. The van der Waals surface area contributed by atoms with E-state index in [4.69, 9.17) is 0 Å². The van der Waals surface area contributed by atoms with Crippen molar-refractivity contribution in [2.45, 2.75) is 37.4 Å². The van der Waals surface area contributed by atoms with Crippen LogP contribution in [0.15, 0.2) is 30.5 Å². The van der Waals surface area contributed by atoms with Gasteiger partial charge in [-0.2, -0.15) is 11.8 Å². The lowest BCUT2D eigenvalue weighted by molar-refractivity contribution is -0.151. The number of H-pyrrole nitrogens is 1. The number of benzene rings is 1. The summed E-state index contributed by atoms with van der Waals surface area (Å²) in [6.07, 6.45) is 5.39. The molecule has 0 saturated carbocycles. The van der Waals surface area contributed by atoms with Gasteiger partial charge in [0.15, 0.2) is 0 Å². The SMILES string of the molecule is CSCC(=O)N[C@H]1CCN2C(=O)[C@@H](Cc3c[nH]c4ccccc34)NC(=O)[C@@H]2C1. The maximum Gasteiger partial charge on any atom is 0.246 e. The molecule has 0 unspecified atom stereocenters. The van der Waals surface area contributed by atoms with Crippen LogP contribution in [0, 0.1) is 0 Å². The molecule has 2 saturated heterocycles. The number of fused-ring (bicyclic) bond motifs is 2. The van der Waals surface area contributed by atoms with Gasteiger partial charge in [0, 0.05) is 36.1 Å².